The molecule has 1 aliphatic rings. The number of carbonyl (C=O) groups is 5. The van der Waals surface area contributed by atoms with E-state index in [1.54, 1.807) is 6.92 Å². The Morgan fingerprint density at radius 2 is 1.21 bits per heavy atom. The maximum Gasteiger partial charge on any atom is 0.333 e. The highest BCUT2D eigenvalue weighted by Gasteiger charge is 2.37. The van der Waals surface area contributed by atoms with Crippen molar-refractivity contribution in [1.82, 2.24) is 9.80 Å². The van der Waals surface area contributed by atoms with Gasteiger partial charge in [-0.25, -0.2) is 4.79 Å². The number of amides is 4. The molecular formula is C19H30Cl2N2O5. The molecule has 1 saturated heterocycles. The van der Waals surface area contributed by atoms with Gasteiger partial charge in [-0.05, 0) is 54.3 Å². The summed E-state index contributed by atoms with van der Waals surface area (Å²) in [6, 6.07) is -0.442. The van der Waals surface area contributed by atoms with Gasteiger partial charge in [0.15, 0.2) is 0 Å². The predicted octanol–water partition coefficient (Wildman–Crippen LogP) is 3.80. The predicted molar refractivity (Wildman–Crippen MR) is 108 cm³/mol. The zero-order valence-electron chi connectivity index (χ0n) is 17.2. The van der Waals surface area contributed by atoms with Gasteiger partial charge < -0.3 is 0 Å². The van der Waals surface area contributed by atoms with Crippen LogP contribution in [0.3, 0.4) is 0 Å². The molecule has 4 amide bonds. The standard InChI is InChI=1S/C14H24N2O3.C5H6Cl2O2/c1-10(2)5-7-15-12(17)9-13(18)16(14(15)19)8-6-11(3)4;1-2-3(4(6)8)5(7)9/h10-11H,5-9H2,1-4H3;3H,2H2,1H3. The van der Waals surface area contributed by atoms with Crippen LogP contribution in [0.15, 0.2) is 0 Å². The molecule has 0 aromatic carbocycles. The molecule has 0 N–H and O–H groups in total. The Morgan fingerprint density at radius 1 is 0.857 bits per heavy atom. The van der Waals surface area contributed by atoms with Gasteiger partial charge in [0.1, 0.15) is 12.3 Å². The molecule has 28 heavy (non-hydrogen) atoms. The van der Waals surface area contributed by atoms with Gasteiger partial charge in [-0.1, -0.05) is 34.6 Å². The largest absolute Gasteiger partial charge is 0.333 e. The molecule has 0 aromatic heterocycles. The van der Waals surface area contributed by atoms with E-state index >= 15 is 0 Å². The van der Waals surface area contributed by atoms with E-state index in [0.29, 0.717) is 31.3 Å². The van der Waals surface area contributed by atoms with Crippen LogP contribution in [-0.4, -0.2) is 51.2 Å². The maximum absolute atomic E-state index is 12.2. The third kappa shape index (κ3) is 9.15. The van der Waals surface area contributed by atoms with Crippen molar-refractivity contribution in [2.45, 2.75) is 60.3 Å². The first-order valence-electron chi connectivity index (χ1n) is 9.45. The fourth-order valence-corrected chi connectivity index (χ4v) is 2.87. The molecule has 0 aromatic rings. The average Bonchev–Trinajstić information content (AvgIpc) is 2.54. The second kappa shape index (κ2) is 12.9. The van der Waals surface area contributed by atoms with Gasteiger partial charge in [0.2, 0.25) is 22.3 Å². The van der Waals surface area contributed by atoms with E-state index in [9.17, 15) is 24.0 Å². The molecule has 0 bridgehead atoms. The first-order chi connectivity index (χ1) is 12.9. The second-order valence-electron chi connectivity index (χ2n) is 7.48. The number of barbiturate groups is 1. The van der Waals surface area contributed by atoms with E-state index in [4.69, 9.17) is 23.2 Å². The van der Waals surface area contributed by atoms with Gasteiger partial charge in [0, 0.05) is 13.1 Å². The molecule has 0 unspecified atom stereocenters. The number of nitrogens with zero attached hydrogens (tertiary/aromatic N) is 2. The molecule has 7 nitrogen and oxygen atoms in total. The lowest BCUT2D eigenvalue weighted by atomic mass is 10.1. The summed E-state index contributed by atoms with van der Waals surface area (Å²) in [5.74, 6) is -0.717. The van der Waals surface area contributed by atoms with Crippen LogP contribution in [0, 0.1) is 17.8 Å². The lowest BCUT2D eigenvalue weighted by Crippen LogP contribution is -2.55. The van der Waals surface area contributed by atoms with Crippen molar-refractivity contribution in [1.29, 1.82) is 0 Å². The molecular weight excluding hydrogens is 407 g/mol. The van der Waals surface area contributed by atoms with E-state index in [1.165, 1.54) is 9.80 Å². The zero-order chi connectivity index (χ0) is 22.0. The van der Waals surface area contributed by atoms with Crippen LogP contribution >= 0.6 is 23.2 Å². The molecule has 1 fully saturated rings. The summed E-state index contributed by atoms with van der Waals surface area (Å²) in [5, 5.41) is -1.37. The molecule has 1 heterocycles. The summed E-state index contributed by atoms with van der Waals surface area (Å²) >= 11 is 9.99. The summed E-state index contributed by atoms with van der Waals surface area (Å²) in [4.78, 5) is 58.7. The molecule has 0 atom stereocenters. The highest BCUT2D eigenvalue weighted by Crippen LogP contribution is 2.16. The normalized spacial score (nSPS) is 14.7. The van der Waals surface area contributed by atoms with E-state index in [0.717, 1.165) is 12.8 Å². The Morgan fingerprint density at radius 3 is 1.43 bits per heavy atom. The SMILES string of the molecule is CC(C)CCN1C(=O)CC(=O)N(CCC(C)C)C1=O.CCC(C(=O)Cl)C(=O)Cl. The molecule has 0 saturated carbocycles. The minimum atomic E-state index is -0.826. The third-order valence-corrected chi connectivity index (χ3v) is 4.71. The van der Waals surface area contributed by atoms with Crippen molar-refractivity contribution in [2.75, 3.05) is 13.1 Å². The fraction of sp³-hybridized carbons (Fsp3) is 0.737. The van der Waals surface area contributed by atoms with Crippen LogP contribution in [0.4, 0.5) is 4.79 Å². The Labute approximate surface area is 176 Å². The summed E-state index contributed by atoms with van der Waals surface area (Å²) in [6.45, 7) is 10.6. The van der Waals surface area contributed by atoms with E-state index in [1.807, 2.05) is 27.7 Å². The van der Waals surface area contributed by atoms with Crippen LogP contribution in [0.5, 0.6) is 0 Å². The van der Waals surface area contributed by atoms with Crippen LogP contribution < -0.4 is 0 Å². The van der Waals surface area contributed by atoms with Crippen LogP contribution in [0.2, 0.25) is 0 Å². The van der Waals surface area contributed by atoms with Gasteiger partial charge in [0.25, 0.3) is 0 Å². The van der Waals surface area contributed by atoms with Crippen molar-refractivity contribution in [3.05, 3.63) is 0 Å². The van der Waals surface area contributed by atoms with Crippen LogP contribution in [0.25, 0.3) is 0 Å². The number of urea groups is 1. The summed E-state index contributed by atoms with van der Waals surface area (Å²) < 4.78 is 0. The van der Waals surface area contributed by atoms with Gasteiger partial charge >= 0.3 is 6.03 Å². The molecule has 0 radical (unpaired) electrons. The van der Waals surface area contributed by atoms with Crippen molar-refractivity contribution < 1.29 is 24.0 Å². The molecule has 9 heteroatoms. The minimum Gasteiger partial charge on any atom is -0.280 e. The van der Waals surface area contributed by atoms with Crippen LogP contribution in [0.1, 0.15) is 60.3 Å². The smallest absolute Gasteiger partial charge is 0.280 e. The Bertz CT molecular complexity index is 547. The average molecular weight is 437 g/mol. The molecule has 1 rings (SSSR count). The van der Waals surface area contributed by atoms with E-state index in [-0.39, 0.29) is 18.2 Å². The monoisotopic (exact) mass is 436 g/mol. The first kappa shape index (κ1) is 26.5. The zero-order valence-corrected chi connectivity index (χ0v) is 18.7. The first-order valence-corrected chi connectivity index (χ1v) is 10.2. The Kier molecular flexibility index (Phi) is 12.2. The number of imide groups is 2. The lowest BCUT2D eigenvalue weighted by Gasteiger charge is -2.33. The van der Waals surface area contributed by atoms with Gasteiger partial charge in [-0.2, -0.15) is 0 Å². The summed E-state index contributed by atoms with van der Waals surface area (Å²) in [5.41, 5.74) is 0. The highest BCUT2D eigenvalue weighted by atomic mass is 35.5. The maximum atomic E-state index is 12.2. The second-order valence-corrected chi connectivity index (χ2v) is 8.23. The molecule has 0 aliphatic carbocycles. The Balaban J connectivity index is 0.000000684. The van der Waals surface area contributed by atoms with Crippen molar-refractivity contribution in [3.63, 3.8) is 0 Å². The molecule has 160 valence electrons. The van der Waals surface area contributed by atoms with Gasteiger partial charge in [-0.15, -0.1) is 0 Å². The van der Waals surface area contributed by atoms with Gasteiger partial charge in [-0.3, -0.25) is 29.0 Å². The Hall–Kier alpha value is -1.47. The fourth-order valence-electron chi connectivity index (χ4n) is 2.30. The third-order valence-electron chi connectivity index (χ3n) is 4.18. The summed E-state index contributed by atoms with van der Waals surface area (Å²) in [6.07, 6.45) is 1.72. The molecule has 0 spiro atoms. The van der Waals surface area contributed by atoms with E-state index < -0.39 is 22.4 Å². The van der Waals surface area contributed by atoms with Crippen molar-refractivity contribution in [2.24, 2.45) is 17.8 Å². The van der Waals surface area contributed by atoms with Crippen molar-refractivity contribution in [3.8, 4) is 0 Å². The highest BCUT2D eigenvalue weighted by molar-refractivity contribution is 6.73. The van der Waals surface area contributed by atoms with Crippen molar-refractivity contribution >= 4 is 51.5 Å². The van der Waals surface area contributed by atoms with Gasteiger partial charge in [0.05, 0.1) is 0 Å². The quantitative estimate of drug-likeness (QED) is 0.404. The molecule has 1 aliphatic heterocycles. The number of carbonyl (C=O) groups excluding carboxylic acids is 5. The minimum absolute atomic E-state index is 0.179. The number of halogens is 2. The number of rotatable bonds is 9. The van der Waals surface area contributed by atoms with E-state index in [2.05, 4.69) is 0 Å². The number of hydrogen-bond acceptors (Lipinski definition) is 5. The topological polar surface area (TPSA) is 91.8 Å². The lowest BCUT2D eigenvalue weighted by molar-refractivity contribution is -0.142. The number of hydrogen-bond donors (Lipinski definition) is 0. The van der Waals surface area contributed by atoms with Crippen LogP contribution in [-0.2, 0) is 19.2 Å². The summed E-state index contributed by atoms with van der Waals surface area (Å²) in [7, 11) is 0.